The number of methoxy groups -OCH3 is 1. The van der Waals surface area contributed by atoms with Crippen molar-refractivity contribution in [1.82, 2.24) is 0 Å². The van der Waals surface area contributed by atoms with Crippen LogP contribution in [0.2, 0.25) is 0 Å². The topological polar surface area (TPSA) is 44.5 Å². The molecule has 2 unspecified atom stereocenters. The summed E-state index contributed by atoms with van der Waals surface area (Å²) in [5.41, 5.74) is 7.12. The van der Waals surface area contributed by atoms with Crippen LogP contribution < -0.4 is 15.2 Å². The highest BCUT2D eigenvalue weighted by atomic mass is 79.9. The third-order valence-corrected chi connectivity index (χ3v) is 4.22. The summed E-state index contributed by atoms with van der Waals surface area (Å²) >= 11 is 6.93. The number of benzene rings is 2. The maximum absolute atomic E-state index is 6.09. The predicted molar refractivity (Wildman–Crippen MR) is 91.9 cm³/mol. The molecule has 0 spiro atoms. The fourth-order valence-corrected chi connectivity index (χ4v) is 2.69. The summed E-state index contributed by atoms with van der Waals surface area (Å²) in [6, 6.07) is 13.5. The van der Waals surface area contributed by atoms with Gasteiger partial charge in [0, 0.05) is 10.5 Å². The van der Waals surface area contributed by atoms with Gasteiger partial charge in [-0.05, 0) is 58.7 Å². The zero-order valence-corrected chi connectivity index (χ0v) is 15.0. The van der Waals surface area contributed by atoms with Crippen molar-refractivity contribution in [3.8, 4) is 11.5 Å². The lowest BCUT2D eigenvalue weighted by molar-refractivity contribution is 0.179. The van der Waals surface area contributed by atoms with Crippen molar-refractivity contribution >= 4 is 31.9 Å². The summed E-state index contributed by atoms with van der Waals surface area (Å²) in [6.45, 7) is 1.93. The number of nitrogens with two attached hydrogens (primary N) is 1. The van der Waals surface area contributed by atoms with E-state index in [1.54, 1.807) is 7.11 Å². The van der Waals surface area contributed by atoms with E-state index in [0.717, 1.165) is 26.0 Å². The Bertz CT molecular complexity index is 600. The molecule has 2 aromatic carbocycles. The van der Waals surface area contributed by atoms with Crippen LogP contribution in [0.15, 0.2) is 51.4 Å². The summed E-state index contributed by atoms with van der Waals surface area (Å²) in [4.78, 5) is 0. The first-order valence-corrected chi connectivity index (χ1v) is 8.11. The molecule has 0 aliphatic carbocycles. The average Bonchev–Trinajstić information content (AvgIpc) is 2.46. The summed E-state index contributed by atoms with van der Waals surface area (Å²) < 4.78 is 13.1. The van der Waals surface area contributed by atoms with Crippen LogP contribution in [0.25, 0.3) is 0 Å². The third-order valence-electron chi connectivity index (χ3n) is 3.07. The SMILES string of the molecule is COc1ccc(OC(c2ccc(Br)cc2)C(C)N)c(Br)c1. The Hall–Kier alpha value is -1.04. The van der Waals surface area contributed by atoms with E-state index in [1.165, 1.54) is 0 Å². The van der Waals surface area contributed by atoms with Crippen LogP contribution in [0, 0.1) is 0 Å². The van der Waals surface area contributed by atoms with Crippen molar-refractivity contribution in [2.75, 3.05) is 7.11 Å². The van der Waals surface area contributed by atoms with Crippen LogP contribution in [-0.4, -0.2) is 13.2 Å². The Kier molecular flexibility index (Phi) is 5.67. The molecule has 0 saturated carbocycles. The van der Waals surface area contributed by atoms with Gasteiger partial charge in [-0.3, -0.25) is 0 Å². The molecule has 5 heteroatoms. The Morgan fingerprint density at radius 2 is 1.71 bits per heavy atom. The minimum atomic E-state index is -0.220. The van der Waals surface area contributed by atoms with Gasteiger partial charge in [0.05, 0.1) is 11.6 Å². The van der Waals surface area contributed by atoms with E-state index in [2.05, 4.69) is 31.9 Å². The highest BCUT2D eigenvalue weighted by Gasteiger charge is 2.19. The molecule has 0 aromatic heterocycles. The Labute approximate surface area is 141 Å². The van der Waals surface area contributed by atoms with Crippen molar-refractivity contribution in [1.29, 1.82) is 0 Å². The highest BCUT2D eigenvalue weighted by Crippen LogP contribution is 2.33. The van der Waals surface area contributed by atoms with Crippen LogP contribution in [0.1, 0.15) is 18.6 Å². The van der Waals surface area contributed by atoms with Gasteiger partial charge in [-0.15, -0.1) is 0 Å². The van der Waals surface area contributed by atoms with Gasteiger partial charge in [0.2, 0.25) is 0 Å². The van der Waals surface area contributed by atoms with Crippen LogP contribution in [0.4, 0.5) is 0 Å². The first-order chi connectivity index (χ1) is 10.0. The van der Waals surface area contributed by atoms with Crippen LogP contribution in [0.5, 0.6) is 11.5 Å². The van der Waals surface area contributed by atoms with Gasteiger partial charge >= 0.3 is 0 Å². The zero-order valence-electron chi connectivity index (χ0n) is 11.8. The van der Waals surface area contributed by atoms with E-state index >= 15 is 0 Å². The van der Waals surface area contributed by atoms with Crippen molar-refractivity contribution < 1.29 is 9.47 Å². The second-order valence-corrected chi connectivity index (χ2v) is 6.52. The molecule has 2 N–H and O–H groups in total. The number of hydrogen-bond acceptors (Lipinski definition) is 3. The highest BCUT2D eigenvalue weighted by molar-refractivity contribution is 9.10. The molecule has 2 atom stereocenters. The normalized spacial score (nSPS) is 13.6. The second kappa shape index (κ2) is 7.29. The molecular formula is C16H17Br2NO2. The Balaban J connectivity index is 2.26. The molecule has 0 radical (unpaired) electrons. The lowest BCUT2D eigenvalue weighted by atomic mass is 10.0. The molecule has 112 valence electrons. The van der Waals surface area contributed by atoms with E-state index < -0.39 is 0 Å². The van der Waals surface area contributed by atoms with Crippen molar-refractivity contribution in [3.05, 3.63) is 57.0 Å². The van der Waals surface area contributed by atoms with Gasteiger partial charge in [0.25, 0.3) is 0 Å². The standard InChI is InChI=1S/C16H17Br2NO2/c1-10(19)16(11-3-5-12(17)6-4-11)21-15-8-7-13(20-2)9-14(15)18/h3-10,16H,19H2,1-2H3. The van der Waals surface area contributed by atoms with E-state index in [4.69, 9.17) is 15.2 Å². The largest absolute Gasteiger partial charge is 0.497 e. The fraction of sp³-hybridized carbons (Fsp3) is 0.250. The van der Waals surface area contributed by atoms with Crippen LogP contribution in [-0.2, 0) is 0 Å². The number of hydrogen-bond donors (Lipinski definition) is 1. The van der Waals surface area contributed by atoms with Crippen LogP contribution in [0.3, 0.4) is 0 Å². The summed E-state index contributed by atoms with van der Waals surface area (Å²) in [5, 5.41) is 0. The summed E-state index contributed by atoms with van der Waals surface area (Å²) in [6.07, 6.45) is -0.220. The zero-order chi connectivity index (χ0) is 15.4. The molecule has 21 heavy (non-hydrogen) atoms. The lowest BCUT2D eigenvalue weighted by Gasteiger charge is -2.24. The molecule has 0 amide bonds. The van der Waals surface area contributed by atoms with E-state index in [9.17, 15) is 0 Å². The van der Waals surface area contributed by atoms with Gasteiger partial charge in [-0.25, -0.2) is 0 Å². The minimum absolute atomic E-state index is 0.139. The molecule has 0 bridgehead atoms. The number of rotatable bonds is 5. The minimum Gasteiger partial charge on any atom is -0.497 e. The number of halogens is 2. The van der Waals surface area contributed by atoms with E-state index in [1.807, 2.05) is 49.4 Å². The van der Waals surface area contributed by atoms with Crippen molar-refractivity contribution in [2.24, 2.45) is 5.73 Å². The van der Waals surface area contributed by atoms with Gasteiger partial charge in [0.1, 0.15) is 17.6 Å². The lowest BCUT2D eigenvalue weighted by Crippen LogP contribution is -2.29. The van der Waals surface area contributed by atoms with E-state index in [-0.39, 0.29) is 12.1 Å². The van der Waals surface area contributed by atoms with Crippen molar-refractivity contribution in [2.45, 2.75) is 19.1 Å². The maximum Gasteiger partial charge on any atom is 0.139 e. The first-order valence-electron chi connectivity index (χ1n) is 6.52. The third kappa shape index (κ3) is 4.22. The molecule has 3 nitrogen and oxygen atoms in total. The molecule has 2 aromatic rings. The molecule has 0 heterocycles. The van der Waals surface area contributed by atoms with Gasteiger partial charge < -0.3 is 15.2 Å². The molecule has 0 aliphatic rings. The van der Waals surface area contributed by atoms with Gasteiger partial charge in [-0.1, -0.05) is 28.1 Å². The fourth-order valence-electron chi connectivity index (χ4n) is 1.97. The number of ether oxygens (including phenoxy) is 2. The Morgan fingerprint density at radius 1 is 1.05 bits per heavy atom. The summed E-state index contributed by atoms with van der Waals surface area (Å²) in [5.74, 6) is 1.51. The summed E-state index contributed by atoms with van der Waals surface area (Å²) in [7, 11) is 1.63. The molecule has 0 saturated heterocycles. The van der Waals surface area contributed by atoms with Crippen LogP contribution >= 0.6 is 31.9 Å². The second-order valence-electron chi connectivity index (χ2n) is 4.75. The van der Waals surface area contributed by atoms with Crippen molar-refractivity contribution in [3.63, 3.8) is 0 Å². The molecule has 0 fully saturated rings. The smallest absolute Gasteiger partial charge is 0.139 e. The molecule has 0 aliphatic heterocycles. The van der Waals surface area contributed by atoms with Gasteiger partial charge in [0.15, 0.2) is 0 Å². The first kappa shape index (κ1) is 16.3. The monoisotopic (exact) mass is 413 g/mol. The quantitative estimate of drug-likeness (QED) is 0.771. The molecular weight excluding hydrogens is 398 g/mol. The predicted octanol–water partition coefficient (Wildman–Crippen LogP) is 4.69. The van der Waals surface area contributed by atoms with E-state index in [0.29, 0.717) is 0 Å². The average molecular weight is 415 g/mol. The maximum atomic E-state index is 6.09. The molecule has 2 rings (SSSR count). The van der Waals surface area contributed by atoms with Gasteiger partial charge in [-0.2, -0.15) is 0 Å². The Morgan fingerprint density at radius 3 is 2.24 bits per heavy atom.